The van der Waals surface area contributed by atoms with Crippen LogP contribution in [0, 0.1) is 0 Å². The lowest BCUT2D eigenvalue weighted by Gasteiger charge is -2.23. The first kappa shape index (κ1) is 14.4. The minimum Gasteiger partial charge on any atom is -0.508 e. The molecule has 0 aromatic heterocycles. The molecule has 100 valence electrons. The van der Waals surface area contributed by atoms with Crippen LogP contribution >= 0.6 is 0 Å². The smallest absolute Gasteiger partial charge is 0.407 e. The van der Waals surface area contributed by atoms with E-state index in [0.717, 1.165) is 24.3 Å². The van der Waals surface area contributed by atoms with Gasteiger partial charge < -0.3 is 5.11 Å². The van der Waals surface area contributed by atoms with Crippen molar-refractivity contribution in [3.05, 3.63) is 36.3 Å². The predicted molar refractivity (Wildman–Crippen MR) is 60.6 cm³/mol. The Hall–Kier alpha value is -1.70. The summed E-state index contributed by atoms with van der Waals surface area (Å²) in [6.07, 6.45) is -4.69. The quantitative estimate of drug-likeness (QED) is 0.920. The van der Waals surface area contributed by atoms with Gasteiger partial charge in [-0.3, -0.25) is 4.31 Å². The fourth-order valence-corrected chi connectivity index (χ4v) is 2.12. The van der Waals surface area contributed by atoms with Crippen LogP contribution in [0.3, 0.4) is 0 Å². The van der Waals surface area contributed by atoms with Gasteiger partial charge in [0.25, 0.3) is 10.0 Å². The maximum atomic E-state index is 12.3. The zero-order valence-corrected chi connectivity index (χ0v) is 9.87. The first-order chi connectivity index (χ1) is 8.15. The Balaban J connectivity index is 3.21. The van der Waals surface area contributed by atoms with E-state index in [2.05, 4.69) is 6.58 Å². The molecular weight excluding hydrogens is 271 g/mol. The highest BCUT2D eigenvalue weighted by molar-refractivity contribution is 7.95. The predicted octanol–water partition coefficient (Wildman–Crippen LogP) is 2.23. The van der Waals surface area contributed by atoms with E-state index in [0.29, 0.717) is 5.41 Å². The topological polar surface area (TPSA) is 57.6 Å². The van der Waals surface area contributed by atoms with E-state index in [9.17, 15) is 21.6 Å². The van der Waals surface area contributed by atoms with Crippen LogP contribution in [0.4, 0.5) is 18.9 Å². The summed E-state index contributed by atoms with van der Waals surface area (Å²) in [6.45, 7) is 1.32. The summed E-state index contributed by atoms with van der Waals surface area (Å²) in [5, 5.41) is 9.46. The molecule has 0 bridgehead atoms. The third kappa shape index (κ3) is 3.66. The van der Waals surface area contributed by atoms with Crippen molar-refractivity contribution in [3.8, 4) is 5.75 Å². The second-order valence-corrected chi connectivity index (χ2v) is 5.15. The molecule has 1 aromatic carbocycles. The largest absolute Gasteiger partial charge is 0.508 e. The van der Waals surface area contributed by atoms with Gasteiger partial charge >= 0.3 is 6.18 Å². The molecule has 0 amide bonds. The molecule has 0 atom stereocenters. The highest BCUT2D eigenvalue weighted by atomic mass is 32.2. The number of phenols is 1. The molecule has 0 aliphatic carbocycles. The standard InChI is InChI=1S/C10H10F3NO3S/c1-2-18(16,17)14(7-10(11,12)13)8-3-5-9(15)6-4-8/h2-6,15H,1,7H2. The van der Waals surface area contributed by atoms with Crippen molar-refractivity contribution in [1.29, 1.82) is 0 Å². The summed E-state index contributed by atoms with van der Waals surface area (Å²) >= 11 is 0. The number of aromatic hydroxyl groups is 1. The number of phenolic OH excluding ortho intramolecular Hbond substituents is 1. The Labute approximate surface area is 102 Å². The number of alkyl halides is 3. The number of sulfonamides is 1. The lowest BCUT2D eigenvalue weighted by atomic mass is 10.3. The number of rotatable bonds is 4. The lowest BCUT2D eigenvalue weighted by molar-refractivity contribution is -0.117. The zero-order chi connectivity index (χ0) is 14.0. The maximum Gasteiger partial charge on any atom is 0.407 e. The van der Waals surface area contributed by atoms with Gasteiger partial charge in [0.2, 0.25) is 0 Å². The van der Waals surface area contributed by atoms with Crippen LogP contribution in [-0.2, 0) is 10.0 Å². The van der Waals surface area contributed by atoms with Gasteiger partial charge in [-0.05, 0) is 24.3 Å². The fourth-order valence-electron chi connectivity index (χ4n) is 1.20. The highest BCUT2D eigenvalue weighted by Gasteiger charge is 2.35. The second-order valence-electron chi connectivity index (χ2n) is 3.35. The van der Waals surface area contributed by atoms with E-state index < -0.39 is 22.7 Å². The lowest BCUT2D eigenvalue weighted by Crippen LogP contribution is -2.37. The first-order valence-corrected chi connectivity index (χ1v) is 6.17. The van der Waals surface area contributed by atoms with Crippen LogP contribution in [-0.4, -0.2) is 26.2 Å². The van der Waals surface area contributed by atoms with Crippen LogP contribution in [0.1, 0.15) is 0 Å². The van der Waals surface area contributed by atoms with Crippen molar-refractivity contribution < 1.29 is 26.7 Å². The van der Waals surface area contributed by atoms with Crippen LogP contribution in [0.25, 0.3) is 0 Å². The van der Waals surface area contributed by atoms with Crippen molar-refractivity contribution >= 4 is 15.7 Å². The molecule has 0 radical (unpaired) electrons. The molecule has 0 unspecified atom stereocenters. The minimum atomic E-state index is -4.69. The van der Waals surface area contributed by atoms with E-state index in [1.165, 1.54) is 0 Å². The van der Waals surface area contributed by atoms with Crippen LogP contribution in [0.15, 0.2) is 36.3 Å². The first-order valence-electron chi connectivity index (χ1n) is 4.67. The van der Waals surface area contributed by atoms with Gasteiger partial charge in [0.1, 0.15) is 12.3 Å². The summed E-state index contributed by atoms with van der Waals surface area (Å²) in [4.78, 5) is 0. The normalized spacial score (nSPS) is 12.2. The van der Waals surface area contributed by atoms with Gasteiger partial charge in [-0.1, -0.05) is 6.58 Å². The Morgan fingerprint density at radius 2 is 1.78 bits per heavy atom. The monoisotopic (exact) mass is 281 g/mol. The molecule has 0 heterocycles. The van der Waals surface area contributed by atoms with Crippen LogP contribution < -0.4 is 4.31 Å². The molecule has 0 fully saturated rings. The molecule has 8 heteroatoms. The molecule has 0 spiro atoms. The average Bonchev–Trinajstić information content (AvgIpc) is 2.26. The van der Waals surface area contributed by atoms with Crippen molar-refractivity contribution in [2.75, 3.05) is 10.8 Å². The summed E-state index contributed by atoms with van der Waals surface area (Å²) in [6, 6.07) is 4.33. The summed E-state index contributed by atoms with van der Waals surface area (Å²) in [5.74, 6) is -0.179. The Bertz CT molecular complexity index is 522. The fraction of sp³-hybridized carbons (Fsp3) is 0.200. The van der Waals surface area contributed by atoms with Gasteiger partial charge in [-0.15, -0.1) is 0 Å². The minimum absolute atomic E-state index is 0.166. The zero-order valence-electron chi connectivity index (χ0n) is 9.05. The molecule has 0 aliphatic rings. The molecule has 0 saturated carbocycles. The van der Waals surface area contributed by atoms with Gasteiger partial charge in [-0.2, -0.15) is 13.2 Å². The molecule has 0 aliphatic heterocycles. The molecular formula is C10H10F3NO3S. The highest BCUT2D eigenvalue weighted by Crippen LogP contribution is 2.26. The van der Waals surface area contributed by atoms with E-state index in [1.54, 1.807) is 0 Å². The Kier molecular flexibility index (Phi) is 3.90. The number of anilines is 1. The summed E-state index contributed by atoms with van der Waals surface area (Å²) in [5.41, 5.74) is -0.204. The van der Waals surface area contributed by atoms with Crippen molar-refractivity contribution in [2.24, 2.45) is 0 Å². The number of hydrogen-bond acceptors (Lipinski definition) is 3. The summed E-state index contributed by atoms with van der Waals surface area (Å²) in [7, 11) is -4.26. The van der Waals surface area contributed by atoms with Crippen molar-refractivity contribution in [2.45, 2.75) is 6.18 Å². The van der Waals surface area contributed by atoms with Gasteiger partial charge in [0, 0.05) is 5.41 Å². The third-order valence-corrected chi connectivity index (χ3v) is 3.35. The maximum absolute atomic E-state index is 12.3. The Morgan fingerprint density at radius 3 is 2.17 bits per heavy atom. The number of nitrogens with zero attached hydrogens (tertiary/aromatic N) is 1. The number of benzene rings is 1. The molecule has 0 saturated heterocycles. The average molecular weight is 281 g/mol. The van der Waals surface area contributed by atoms with Crippen molar-refractivity contribution in [3.63, 3.8) is 0 Å². The molecule has 4 nitrogen and oxygen atoms in total. The molecule has 1 rings (SSSR count). The number of hydrogen-bond donors (Lipinski definition) is 1. The molecule has 1 N–H and O–H groups in total. The van der Waals surface area contributed by atoms with Gasteiger partial charge in [-0.25, -0.2) is 8.42 Å². The SMILES string of the molecule is C=CS(=O)(=O)N(CC(F)(F)F)c1ccc(O)cc1. The number of halogens is 3. The van der Waals surface area contributed by atoms with Gasteiger partial charge in [0.15, 0.2) is 0 Å². The van der Waals surface area contributed by atoms with E-state index in [4.69, 9.17) is 5.11 Å². The molecule has 18 heavy (non-hydrogen) atoms. The van der Waals surface area contributed by atoms with Gasteiger partial charge in [0.05, 0.1) is 5.69 Å². The van der Waals surface area contributed by atoms with Crippen LogP contribution in [0.2, 0.25) is 0 Å². The Morgan fingerprint density at radius 1 is 1.28 bits per heavy atom. The van der Waals surface area contributed by atoms with E-state index in [-0.39, 0.29) is 15.7 Å². The van der Waals surface area contributed by atoms with Crippen molar-refractivity contribution in [1.82, 2.24) is 0 Å². The van der Waals surface area contributed by atoms with Crippen LogP contribution in [0.5, 0.6) is 5.75 Å². The molecule has 1 aromatic rings. The van der Waals surface area contributed by atoms with E-state index >= 15 is 0 Å². The van der Waals surface area contributed by atoms with E-state index in [1.807, 2.05) is 0 Å². The third-order valence-electron chi connectivity index (χ3n) is 1.98. The summed E-state index contributed by atoms with van der Waals surface area (Å²) < 4.78 is 60.2. The second kappa shape index (κ2) is 4.89.